The van der Waals surface area contributed by atoms with Crippen LogP contribution in [0.2, 0.25) is 0 Å². The van der Waals surface area contributed by atoms with E-state index < -0.39 is 0 Å². The first kappa shape index (κ1) is 12.7. The van der Waals surface area contributed by atoms with Crippen LogP contribution in [0.4, 0.5) is 0 Å². The number of nitrogens with one attached hydrogen (secondary N) is 1. The van der Waals surface area contributed by atoms with E-state index in [1.807, 2.05) is 0 Å². The van der Waals surface area contributed by atoms with Crippen molar-refractivity contribution in [3.63, 3.8) is 0 Å². The second-order valence-electron chi connectivity index (χ2n) is 7.15. The molecule has 0 fully saturated rings. The SMILES string of the molecule is CC1Cc2c([nH]c3ccccc23)CN1CC(C)(C)C. The second-order valence-corrected chi connectivity index (χ2v) is 7.15. The summed E-state index contributed by atoms with van der Waals surface area (Å²) in [6.45, 7) is 11.5. The molecule has 1 aliphatic heterocycles. The number of hydrogen-bond donors (Lipinski definition) is 1. The van der Waals surface area contributed by atoms with Gasteiger partial charge < -0.3 is 4.98 Å². The Morgan fingerprint density at radius 2 is 2.00 bits per heavy atom. The Kier molecular flexibility index (Phi) is 2.94. The molecule has 0 saturated carbocycles. The number of benzene rings is 1. The lowest BCUT2D eigenvalue weighted by molar-refractivity contribution is 0.126. The van der Waals surface area contributed by atoms with Crippen LogP contribution in [0.5, 0.6) is 0 Å². The summed E-state index contributed by atoms with van der Waals surface area (Å²) in [5.74, 6) is 0. The minimum absolute atomic E-state index is 0.359. The normalized spacial score (nSPS) is 20.7. The van der Waals surface area contributed by atoms with Gasteiger partial charge in [-0.05, 0) is 30.4 Å². The van der Waals surface area contributed by atoms with Crippen LogP contribution in [0, 0.1) is 5.41 Å². The quantitative estimate of drug-likeness (QED) is 0.818. The topological polar surface area (TPSA) is 19.0 Å². The lowest BCUT2D eigenvalue weighted by Gasteiger charge is -2.37. The fourth-order valence-corrected chi connectivity index (χ4v) is 3.23. The first-order valence-corrected chi connectivity index (χ1v) is 7.26. The predicted octanol–water partition coefficient (Wildman–Crippen LogP) is 3.96. The molecular formula is C17H24N2. The molecule has 0 radical (unpaired) electrons. The van der Waals surface area contributed by atoms with Gasteiger partial charge in [-0.1, -0.05) is 39.0 Å². The molecule has 0 bridgehead atoms. The van der Waals surface area contributed by atoms with Crippen molar-refractivity contribution in [1.29, 1.82) is 0 Å². The van der Waals surface area contributed by atoms with Gasteiger partial charge in [0.2, 0.25) is 0 Å². The van der Waals surface area contributed by atoms with Crippen LogP contribution < -0.4 is 0 Å². The average Bonchev–Trinajstić information content (AvgIpc) is 2.66. The first-order valence-electron chi connectivity index (χ1n) is 7.26. The Morgan fingerprint density at radius 1 is 1.26 bits per heavy atom. The lowest BCUT2D eigenvalue weighted by Crippen LogP contribution is -2.42. The van der Waals surface area contributed by atoms with Crippen molar-refractivity contribution in [3.8, 4) is 0 Å². The zero-order chi connectivity index (χ0) is 13.6. The monoisotopic (exact) mass is 256 g/mol. The molecule has 19 heavy (non-hydrogen) atoms. The molecule has 0 saturated heterocycles. The third kappa shape index (κ3) is 2.42. The Morgan fingerprint density at radius 3 is 2.74 bits per heavy atom. The van der Waals surface area contributed by atoms with Gasteiger partial charge in [-0.2, -0.15) is 0 Å². The van der Waals surface area contributed by atoms with Crippen LogP contribution in [0.15, 0.2) is 24.3 Å². The minimum atomic E-state index is 0.359. The third-order valence-electron chi connectivity index (χ3n) is 4.06. The van der Waals surface area contributed by atoms with E-state index >= 15 is 0 Å². The van der Waals surface area contributed by atoms with Crippen LogP contribution in [0.3, 0.4) is 0 Å². The Hall–Kier alpha value is -1.28. The van der Waals surface area contributed by atoms with Crippen LogP contribution in [0.1, 0.15) is 39.0 Å². The first-order chi connectivity index (χ1) is 8.94. The van der Waals surface area contributed by atoms with Gasteiger partial charge in [-0.3, -0.25) is 4.90 Å². The second kappa shape index (κ2) is 4.38. The summed E-state index contributed by atoms with van der Waals surface area (Å²) in [5, 5.41) is 1.42. The highest BCUT2D eigenvalue weighted by molar-refractivity contribution is 5.84. The zero-order valence-electron chi connectivity index (χ0n) is 12.5. The van der Waals surface area contributed by atoms with Crippen LogP contribution >= 0.6 is 0 Å². The van der Waals surface area contributed by atoms with Gasteiger partial charge in [-0.15, -0.1) is 0 Å². The highest BCUT2D eigenvalue weighted by Crippen LogP contribution is 2.31. The molecule has 0 spiro atoms. The number of aromatic amines is 1. The molecule has 2 aromatic rings. The van der Waals surface area contributed by atoms with Gasteiger partial charge in [0.05, 0.1) is 0 Å². The molecule has 3 rings (SSSR count). The number of rotatable bonds is 1. The van der Waals surface area contributed by atoms with E-state index in [-0.39, 0.29) is 0 Å². The summed E-state index contributed by atoms with van der Waals surface area (Å²) < 4.78 is 0. The third-order valence-corrected chi connectivity index (χ3v) is 4.06. The van der Waals surface area contributed by atoms with E-state index in [1.54, 1.807) is 0 Å². The van der Waals surface area contributed by atoms with Gasteiger partial charge in [0.25, 0.3) is 0 Å². The largest absolute Gasteiger partial charge is 0.357 e. The number of para-hydroxylation sites is 1. The molecule has 0 aliphatic carbocycles. The number of fused-ring (bicyclic) bond motifs is 3. The molecule has 1 aromatic heterocycles. The molecule has 1 aliphatic rings. The summed E-state index contributed by atoms with van der Waals surface area (Å²) in [7, 11) is 0. The summed E-state index contributed by atoms with van der Waals surface area (Å²) in [6, 6.07) is 9.32. The van der Waals surface area contributed by atoms with E-state index in [1.165, 1.54) is 22.2 Å². The maximum absolute atomic E-state index is 3.61. The Bertz CT molecular complexity index is 589. The number of aromatic nitrogens is 1. The summed E-state index contributed by atoms with van der Waals surface area (Å²) in [6.07, 6.45) is 1.16. The molecule has 102 valence electrons. The van der Waals surface area contributed by atoms with Crippen LogP contribution in [-0.4, -0.2) is 22.5 Å². The van der Waals surface area contributed by atoms with Crippen molar-refractivity contribution < 1.29 is 0 Å². The fraction of sp³-hybridized carbons (Fsp3) is 0.529. The molecule has 1 aromatic carbocycles. The molecule has 2 heterocycles. The highest BCUT2D eigenvalue weighted by atomic mass is 15.2. The minimum Gasteiger partial charge on any atom is -0.357 e. The van der Waals surface area contributed by atoms with Crippen molar-refractivity contribution in [2.45, 2.75) is 46.7 Å². The van der Waals surface area contributed by atoms with E-state index in [4.69, 9.17) is 0 Å². The number of hydrogen-bond acceptors (Lipinski definition) is 1. The predicted molar refractivity (Wildman–Crippen MR) is 81.3 cm³/mol. The molecule has 2 heteroatoms. The highest BCUT2D eigenvalue weighted by Gasteiger charge is 2.28. The molecule has 2 nitrogen and oxygen atoms in total. The number of H-pyrrole nitrogens is 1. The van der Waals surface area contributed by atoms with Gasteiger partial charge in [0.1, 0.15) is 0 Å². The van der Waals surface area contributed by atoms with Crippen molar-refractivity contribution in [1.82, 2.24) is 9.88 Å². The van der Waals surface area contributed by atoms with E-state index in [0.717, 1.165) is 19.5 Å². The van der Waals surface area contributed by atoms with Gasteiger partial charge >= 0.3 is 0 Å². The van der Waals surface area contributed by atoms with Crippen molar-refractivity contribution in [2.24, 2.45) is 5.41 Å². The molecule has 1 atom stereocenters. The van der Waals surface area contributed by atoms with Crippen molar-refractivity contribution >= 4 is 10.9 Å². The van der Waals surface area contributed by atoms with E-state index in [9.17, 15) is 0 Å². The van der Waals surface area contributed by atoms with Gasteiger partial charge in [0.15, 0.2) is 0 Å². The van der Waals surface area contributed by atoms with Crippen molar-refractivity contribution in [2.75, 3.05) is 6.54 Å². The molecule has 1 N–H and O–H groups in total. The Labute approximate surface area is 115 Å². The van der Waals surface area contributed by atoms with Crippen molar-refractivity contribution in [3.05, 3.63) is 35.5 Å². The fourth-order valence-electron chi connectivity index (χ4n) is 3.23. The summed E-state index contributed by atoms with van der Waals surface area (Å²) >= 11 is 0. The molecule has 0 amide bonds. The smallest absolute Gasteiger partial charge is 0.0459 e. The molecule has 1 unspecified atom stereocenters. The number of nitrogens with zero attached hydrogens (tertiary/aromatic N) is 1. The van der Waals surface area contributed by atoms with Gasteiger partial charge in [-0.25, -0.2) is 0 Å². The van der Waals surface area contributed by atoms with Gasteiger partial charge in [0, 0.05) is 35.7 Å². The average molecular weight is 256 g/mol. The van der Waals surface area contributed by atoms with E-state index in [0.29, 0.717) is 11.5 Å². The summed E-state index contributed by atoms with van der Waals surface area (Å²) in [5.41, 5.74) is 4.60. The zero-order valence-corrected chi connectivity index (χ0v) is 12.5. The lowest BCUT2D eigenvalue weighted by atomic mass is 9.91. The Balaban J connectivity index is 1.95. The maximum atomic E-state index is 3.61. The van der Waals surface area contributed by atoms with Crippen LogP contribution in [0.25, 0.3) is 10.9 Å². The van der Waals surface area contributed by atoms with E-state index in [2.05, 4.69) is 61.8 Å². The maximum Gasteiger partial charge on any atom is 0.0459 e. The standard InChI is InChI=1S/C17H24N2/c1-12-9-14-13-7-5-6-8-15(13)18-16(14)10-19(12)11-17(2,3)4/h5-8,12,18H,9-11H2,1-4H3. The van der Waals surface area contributed by atoms with Crippen LogP contribution in [-0.2, 0) is 13.0 Å². The molecular weight excluding hydrogens is 232 g/mol. The summed E-state index contributed by atoms with van der Waals surface area (Å²) in [4.78, 5) is 6.22.